The van der Waals surface area contributed by atoms with Gasteiger partial charge in [-0.1, -0.05) is 17.7 Å². The third-order valence-corrected chi connectivity index (χ3v) is 6.43. The minimum atomic E-state index is -4.13. The number of hydrogen-bond acceptors (Lipinski definition) is 5. The molecule has 0 aromatic heterocycles. The van der Waals surface area contributed by atoms with E-state index in [9.17, 15) is 23.1 Å². The van der Waals surface area contributed by atoms with Crippen LogP contribution < -0.4 is 0 Å². The zero-order chi connectivity index (χ0) is 19.8. The summed E-state index contributed by atoms with van der Waals surface area (Å²) in [5.74, 6) is -1.73. The van der Waals surface area contributed by atoms with Gasteiger partial charge in [-0.2, -0.15) is 8.42 Å². The van der Waals surface area contributed by atoms with E-state index >= 15 is 0 Å². The number of allylic oxidation sites excluding steroid dienone is 1. The first-order chi connectivity index (χ1) is 12.7. The van der Waals surface area contributed by atoms with Crippen molar-refractivity contribution in [1.29, 1.82) is 0 Å². The fraction of sp³-hybridized carbons (Fsp3) is 0.474. The highest BCUT2D eigenvalue weighted by atomic mass is 32.2. The van der Waals surface area contributed by atoms with E-state index in [1.165, 1.54) is 24.0 Å². The topological polar surface area (TPSA) is 101 Å². The lowest BCUT2D eigenvalue weighted by Crippen LogP contribution is -2.46. The molecule has 2 atom stereocenters. The Morgan fingerprint density at radius 3 is 2.44 bits per heavy atom. The van der Waals surface area contributed by atoms with Crippen molar-refractivity contribution in [2.75, 3.05) is 0 Å². The van der Waals surface area contributed by atoms with Gasteiger partial charge in [-0.05, 0) is 57.2 Å². The van der Waals surface area contributed by atoms with Gasteiger partial charge in [-0.25, -0.2) is 4.79 Å². The molecule has 1 aromatic rings. The fourth-order valence-corrected chi connectivity index (χ4v) is 4.69. The molecular formula is C19H23NO6S. The third-order valence-electron chi connectivity index (χ3n) is 5.04. The minimum absolute atomic E-state index is 0.0403. The lowest BCUT2D eigenvalue weighted by Gasteiger charge is -2.28. The number of carboxylic acids is 1. The molecular weight excluding hydrogens is 370 g/mol. The molecule has 2 aliphatic rings. The van der Waals surface area contributed by atoms with Crippen molar-refractivity contribution in [3.05, 3.63) is 41.1 Å². The summed E-state index contributed by atoms with van der Waals surface area (Å²) in [5.41, 5.74) is 2.61. The molecule has 1 aromatic carbocycles. The average Bonchev–Trinajstić information content (AvgIpc) is 3.01. The molecule has 27 heavy (non-hydrogen) atoms. The van der Waals surface area contributed by atoms with Gasteiger partial charge in [0.05, 0.1) is 4.90 Å². The molecule has 1 aliphatic heterocycles. The van der Waals surface area contributed by atoms with Crippen LogP contribution in [0.15, 0.2) is 40.4 Å². The number of carbonyl (C=O) groups excluding carboxylic acids is 1. The van der Waals surface area contributed by atoms with Crippen molar-refractivity contribution >= 4 is 22.0 Å². The molecule has 0 unspecified atom stereocenters. The van der Waals surface area contributed by atoms with E-state index in [4.69, 9.17) is 4.18 Å². The standard InChI is InChI=1S/C19H23NO6S/c1-12-7-9-15(10-8-12)27(24,25)26-13(2)18(21)20-16-6-4-3-5-14(16)11-17(20)19(22)23/h7-10,13,17H,3-6,11H2,1-2H3,(H,22,23)/t13-,17+/m1/s1. The zero-order valence-electron chi connectivity index (χ0n) is 15.3. The van der Waals surface area contributed by atoms with E-state index in [1.54, 1.807) is 12.1 Å². The molecule has 0 bridgehead atoms. The van der Waals surface area contributed by atoms with Gasteiger partial charge in [-0.3, -0.25) is 13.9 Å². The molecule has 1 heterocycles. The summed E-state index contributed by atoms with van der Waals surface area (Å²) in [4.78, 5) is 25.8. The van der Waals surface area contributed by atoms with E-state index in [2.05, 4.69) is 0 Å². The van der Waals surface area contributed by atoms with E-state index in [1.807, 2.05) is 6.92 Å². The third kappa shape index (κ3) is 3.91. The summed E-state index contributed by atoms with van der Waals surface area (Å²) >= 11 is 0. The first-order valence-electron chi connectivity index (χ1n) is 8.97. The van der Waals surface area contributed by atoms with Crippen LogP contribution in [0, 0.1) is 6.92 Å². The molecule has 1 N–H and O–H groups in total. The number of carboxylic acid groups (broad SMARTS) is 1. The van der Waals surface area contributed by atoms with Crippen molar-refractivity contribution < 1.29 is 27.3 Å². The van der Waals surface area contributed by atoms with Crippen LogP contribution in [-0.4, -0.2) is 42.4 Å². The average molecular weight is 393 g/mol. The van der Waals surface area contributed by atoms with Gasteiger partial charge in [0.15, 0.2) is 6.10 Å². The van der Waals surface area contributed by atoms with Gasteiger partial charge in [0.25, 0.3) is 16.0 Å². The van der Waals surface area contributed by atoms with Gasteiger partial charge in [0, 0.05) is 12.1 Å². The van der Waals surface area contributed by atoms with Crippen LogP contribution in [0.2, 0.25) is 0 Å². The van der Waals surface area contributed by atoms with Crippen LogP contribution in [0.5, 0.6) is 0 Å². The van der Waals surface area contributed by atoms with Gasteiger partial charge < -0.3 is 5.11 Å². The lowest BCUT2D eigenvalue weighted by molar-refractivity contribution is -0.150. The van der Waals surface area contributed by atoms with Gasteiger partial charge >= 0.3 is 5.97 Å². The first-order valence-corrected chi connectivity index (χ1v) is 10.4. The molecule has 3 rings (SSSR count). The number of carbonyl (C=O) groups is 2. The smallest absolute Gasteiger partial charge is 0.327 e. The second-order valence-corrected chi connectivity index (χ2v) is 8.60. The molecule has 0 fully saturated rings. The van der Waals surface area contributed by atoms with Crippen molar-refractivity contribution in [2.45, 2.75) is 63.0 Å². The van der Waals surface area contributed by atoms with Crippen molar-refractivity contribution in [2.24, 2.45) is 0 Å². The number of aryl methyl sites for hydroxylation is 1. The fourth-order valence-electron chi connectivity index (χ4n) is 3.65. The van der Waals surface area contributed by atoms with Crippen molar-refractivity contribution in [1.82, 2.24) is 4.90 Å². The molecule has 0 spiro atoms. The number of benzene rings is 1. The Bertz CT molecular complexity index is 887. The maximum Gasteiger partial charge on any atom is 0.327 e. The Hall–Kier alpha value is -2.19. The van der Waals surface area contributed by atoms with Gasteiger partial charge in [0.1, 0.15) is 6.04 Å². The molecule has 8 heteroatoms. The highest BCUT2D eigenvalue weighted by Gasteiger charge is 2.43. The Kier molecular flexibility index (Phi) is 5.39. The molecule has 0 saturated heterocycles. The maximum absolute atomic E-state index is 12.9. The van der Waals surface area contributed by atoms with E-state index in [0.717, 1.165) is 36.1 Å². The number of rotatable bonds is 5. The highest BCUT2D eigenvalue weighted by Crippen LogP contribution is 2.39. The minimum Gasteiger partial charge on any atom is -0.480 e. The summed E-state index contributed by atoms with van der Waals surface area (Å²) in [5, 5.41) is 9.52. The van der Waals surface area contributed by atoms with Crippen LogP contribution in [0.4, 0.5) is 0 Å². The molecule has 1 aliphatic carbocycles. The number of hydrogen-bond donors (Lipinski definition) is 1. The summed E-state index contributed by atoms with van der Waals surface area (Å²) in [7, 11) is -4.13. The molecule has 0 radical (unpaired) electrons. The second kappa shape index (κ2) is 7.44. The number of nitrogens with zero attached hydrogens (tertiary/aromatic N) is 1. The van der Waals surface area contributed by atoms with Gasteiger partial charge in [-0.15, -0.1) is 0 Å². The summed E-state index contributed by atoms with van der Waals surface area (Å²) in [6, 6.07) is 5.12. The summed E-state index contributed by atoms with van der Waals surface area (Å²) in [6.07, 6.45) is 2.25. The normalized spacial score (nSPS) is 21.1. The molecule has 0 saturated carbocycles. The largest absolute Gasteiger partial charge is 0.480 e. The van der Waals surface area contributed by atoms with E-state index < -0.39 is 34.1 Å². The van der Waals surface area contributed by atoms with Gasteiger partial charge in [0.2, 0.25) is 0 Å². The SMILES string of the molecule is Cc1ccc(S(=O)(=O)O[C@H](C)C(=O)N2C3=C(CCCC3)C[C@H]2C(=O)O)cc1. The van der Waals surface area contributed by atoms with Crippen LogP contribution in [0.25, 0.3) is 0 Å². The molecule has 1 amide bonds. The Morgan fingerprint density at radius 1 is 1.19 bits per heavy atom. The quantitative estimate of drug-likeness (QED) is 0.772. The Balaban J connectivity index is 1.82. The summed E-state index contributed by atoms with van der Waals surface area (Å²) in [6.45, 7) is 3.17. The predicted molar refractivity (Wildman–Crippen MR) is 97.3 cm³/mol. The van der Waals surface area contributed by atoms with Crippen LogP contribution in [-0.2, 0) is 23.9 Å². The highest BCUT2D eigenvalue weighted by molar-refractivity contribution is 7.86. The summed E-state index contributed by atoms with van der Waals surface area (Å²) < 4.78 is 30.0. The molecule has 7 nitrogen and oxygen atoms in total. The monoisotopic (exact) mass is 393 g/mol. The maximum atomic E-state index is 12.9. The van der Waals surface area contributed by atoms with E-state index in [0.29, 0.717) is 12.8 Å². The number of amides is 1. The predicted octanol–water partition coefficient (Wildman–Crippen LogP) is 2.60. The van der Waals surface area contributed by atoms with Crippen LogP contribution in [0.3, 0.4) is 0 Å². The van der Waals surface area contributed by atoms with Crippen molar-refractivity contribution in [3.63, 3.8) is 0 Å². The van der Waals surface area contributed by atoms with E-state index in [-0.39, 0.29) is 4.90 Å². The first kappa shape index (κ1) is 19.6. The Morgan fingerprint density at radius 2 is 1.81 bits per heavy atom. The molecule has 146 valence electrons. The van der Waals surface area contributed by atoms with Crippen molar-refractivity contribution in [3.8, 4) is 0 Å². The second-order valence-electron chi connectivity index (χ2n) is 7.03. The zero-order valence-corrected chi connectivity index (χ0v) is 16.2. The lowest BCUT2D eigenvalue weighted by atomic mass is 9.96. The van der Waals surface area contributed by atoms with Crippen LogP contribution >= 0.6 is 0 Å². The number of aliphatic carboxylic acids is 1. The Labute approximate surface area is 158 Å². The van der Waals surface area contributed by atoms with Crippen LogP contribution in [0.1, 0.15) is 44.6 Å².